The zero-order valence-corrected chi connectivity index (χ0v) is 9.65. The highest BCUT2D eigenvalue weighted by Crippen LogP contribution is 2.51. The Morgan fingerprint density at radius 1 is 0.944 bits per heavy atom. The van der Waals surface area contributed by atoms with Gasteiger partial charge in [0.2, 0.25) is 0 Å². The van der Waals surface area contributed by atoms with Crippen molar-refractivity contribution >= 4 is 7.82 Å². The van der Waals surface area contributed by atoms with Gasteiger partial charge in [-0.25, -0.2) is 4.57 Å². The second-order valence-electron chi connectivity index (χ2n) is 2.81. The topological polar surface area (TPSA) is 44.8 Å². The molecule has 108 valence electrons. The molecule has 0 heterocycles. The second kappa shape index (κ2) is 6.55. The van der Waals surface area contributed by atoms with Crippen LogP contribution < -0.4 is 0 Å². The lowest BCUT2D eigenvalue weighted by molar-refractivity contribution is -0.170. The third-order valence-electron chi connectivity index (χ3n) is 1.12. The zero-order chi connectivity index (χ0) is 14.4. The van der Waals surface area contributed by atoms with Crippen molar-refractivity contribution in [2.24, 2.45) is 0 Å². The summed E-state index contributed by atoms with van der Waals surface area (Å²) >= 11 is 0. The van der Waals surface area contributed by atoms with Gasteiger partial charge in [-0.05, 0) is 0 Å². The van der Waals surface area contributed by atoms with Crippen molar-refractivity contribution < 1.29 is 44.5 Å². The fourth-order valence-corrected chi connectivity index (χ4v) is 1.68. The lowest BCUT2D eigenvalue weighted by atomic mass is 10.7. The maximum absolute atomic E-state index is 11.8. The maximum atomic E-state index is 11.8. The smallest absolute Gasteiger partial charge is 0.283 e. The van der Waals surface area contributed by atoms with Gasteiger partial charge in [0, 0.05) is 0 Å². The van der Waals surface area contributed by atoms with Crippen molar-refractivity contribution in [1.29, 1.82) is 0 Å². The summed E-state index contributed by atoms with van der Waals surface area (Å²) in [7, 11) is -4.94. The Kier molecular flexibility index (Phi) is 6.35. The van der Waals surface area contributed by atoms with E-state index in [1.165, 1.54) is 0 Å². The van der Waals surface area contributed by atoms with Gasteiger partial charge in [0.05, 0.1) is 6.61 Å². The summed E-state index contributed by atoms with van der Waals surface area (Å²) in [4.78, 5) is 0. The SMILES string of the molecule is C=CCOP(=O)(OCC(F)(F)F)OCC(F)(F)F. The number of hydrogen-bond acceptors (Lipinski definition) is 4. The average Bonchev–Trinajstić information content (AvgIpc) is 2.19. The molecular weight excluding hydrogens is 293 g/mol. The van der Waals surface area contributed by atoms with E-state index in [-0.39, 0.29) is 0 Å². The molecule has 0 aliphatic heterocycles. The highest BCUT2D eigenvalue weighted by molar-refractivity contribution is 7.48. The zero-order valence-electron chi connectivity index (χ0n) is 8.75. The molecule has 4 nitrogen and oxygen atoms in total. The summed E-state index contributed by atoms with van der Waals surface area (Å²) in [5, 5.41) is 0. The Bertz CT molecular complexity index is 290. The van der Waals surface area contributed by atoms with E-state index in [4.69, 9.17) is 0 Å². The van der Waals surface area contributed by atoms with E-state index >= 15 is 0 Å². The van der Waals surface area contributed by atoms with Gasteiger partial charge in [-0.2, -0.15) is 26.3 Å². The van der Waals surface area contributed by atoms with Crippen LogP contribution in [0.15, 0.2) is 12.7 Å². The highest BCUT2D eigenvalue weighted by atomic mass is 31.2. The Labute approximate surface area is 98.1 Å². The molecule has 0 unspecified atom stereocenters. The summed E-state index contributed by atoms with van der Waals surface area (Å²) in [6.45, 7) is -1.62. The Hall–Kier alpha value is -0.570. The monoisotopic (exact) mass is 302 g/mol. The highest BCUT2D eigenvalue weighted by Gasteiger charge is 2.39. The first-order valence-electron chi connectivity index (χ1n) is 4.25. The number of alkyl halides is 6. The fraction of sp³-hybridized carbons (Fsp3) is 0.714. The number of hydrogen-bond donors (Lipinski definition) is 0. The molecule has 0 amide bonds. The van der Waals surface area contributed by atoms with Crippen molar-refractivity contribution in [2.45, 2.75) is 12.4 Å². The van der Waals surface area contributed by atoms with E-state index in [9.17, 15) is 30.9 Å². The van der Waals surface area contributed by atoms with Gasteiger partial charge in [0.25, 0.3) is 0 Å². The van der Waals surface area contributed by atoms with Gasteiger partial charge in [0.1, 0.15) is 0 Å². The quantitative estimate of drug-likeness (QED) is 0.410. The van der Waals surface area contributed by atoms with Gasteiger partial charge in [-0.3, -0.25) is 13.6 Å². The predicted octanol–water partition coefficient (Wildman–Crippen LogP) is 3.45. The Morgan fingerprint density at radius 2 is 1.33 bits per heavy atom. The number of rotatable bonds is 7. The van der Waals surface area contributed by atoms with Gasteiger partial charge in [-0.15, -0.1) is 6.58 Å². The molecule has 0 spiro atoms. The lowest BCUT2D eigenvalue weighted by Crippen LogP contribution is -2.20. The van der Waals surface area contributed by atoms with Crippen LogP contribution in [0, 0.1) is 0 Å². The Morgan fingerprint density at radius 3 is 1.61 bits per heavy atom. The van der Waals surface area contributed by atoms with E-state index in [0.29, 0.717) is 0 Å². The molecule has 0 N–H and O–H groups in total. The van der Waals surface area contributed by atoms with Crippen molar-refractivity contribution in [3.05, 3.63) is 12.7 Å². The molecule has 0 bridgehead atoms. The van der Waals surface area contributed by atoms with Crippen LogP contribution in [0.5, 0.6) is 0 Å². The first-order valence-corrected chi connectivity index (χ1v) is 5.71. The van der Waals surface area contributed by atoms with Crippen LogP contribution in [0.4, 0.5) is 26.3 Å². The van der Waals surface area contributed by atoms with Crippen LogP contribution in [0.1, 0.15) is 0 Å². The Balaban J connectivity index is 4.52. The van der Waals surface area contributed by atoms with Crippen LogP contribution >= 0.6 is 7.82 Å². The standard InChI is InChI=1S/C7H9F6O4P/c1-2-3-15-18(14,16-4-6(8,9)10)17-5-7(11,12)13/h2H,1,3-5H2. The minimum Gasteiger partial charge on any atom is -0.283 e. The van der Waals surface area contributed by atoms with Gasteiger partial charge in [-0.1, -0.05) is 6.08 Å². The van der Waals surface area contributed by atoms with Crippen LogP contribution in [-0.2, 0) is 18.1 Å². The predicted molar refractivity (Wildman–Crippen MR) is 47.8 cm³/mol. The van der Waals surface area contributed by atoms with Crippen LogP contribution in [0.25, 0.3) is 0 Å². The van der Waals surface area contributed by atoms with E-state index in [1.54, 1.807) is 0 Å². The molecule has 0 fully saturated rings. The van der Waals surface area contributed by atoms with Crippen LogP contribution in [0.2, 0.25) is 0 Å². The summed E-state index contributed by atoms with van der Waals surface area (Å²) in [5.74, 6) is 0. The molecule has 0 aromatic carbocycles. The number of phosphoric acid groups is 1. The molecule has 0 aromatic rings. The number of phosphoric ester groups is 1. The largest absolute Gasteiger partial charge is 0.475 e. The first kappa shape index (κ1) is 17.4. The maximum Gasteiger partial charge on any atom is 0.475 e. The number of halogens is 6. The summed E-state index contributed by atoms with van der Waals surface area (Å²) < 4.78 is 93.7. The molecule has 0 radical (unpaired) electrons. The molecule has 18 heavy (non-hydrogen) atoms. The molecule has 0 aliphatic carbocycles. The van der Waals surface area contributed by atoms with Crippen LogP contribution in [-0.4, -0.2) is 32.2 Å². The molecule has 11 heteroatoms. The minimum absolute atomic E-state index is 0.590. The van der Waals surface area contributed by atoms with E-state index in [0.717, 1.165) is 6.08 Å². The molecular formula is C7H9F6O4P. The average molecular weight is 302 g/mol. The summed E-state index contributed by atoms with van der Waals surface area (Å²) in [6.07, 6.45) is -8.80. The summed E-state index contributed by atoms with van der Waals surface area (Å²) in [5.41, 5.74) is 0. The molecule has 0 rings (SSSR count). The van der Waals surface area contributed by atoms with Gasteiger partial charge in [0.15, 0.2) is 13.2 Å². The molecule has 0 aromatic heterocycles. The summed E-state index contributed by atoms with van der Waals surface area (Å²) in [6, 6.07) is 0. The van der Waals surface area contributed by atoms with Crippen molar-refractivity contribution in [3.8, 4) is 0 Å². The molecule has 0 saturated heterocycles. The van der Waals surface area contributed by atoms with Crippen molar-refractivity contribution in [2.75, 3.05) is 19.8 Å². The molecule has 0 aliphatic rings. The van der Waals surface area contributed by atoms with Crippen molar-refractivity contribution in [1.82, 2.24) is 0 Å². The van der Waals surface area contributed by atoms with E-state index in [1.807, 2.05) is 0 Å². The third kappa shape index (κ3) is 9.46. The minimum atomic E-state index is -4.94. The van der Waals surface area contributed by atoms with E-state index in [2.05, 4.69) is 20.2 Å². The van der Waals surface area contributed by atoms with Crippen molar-refractivity contribution in [3.63, 3.8) is 0 Å². The fourth-order valence-electron chi connectivity index (χ4n) is 0.560. The normalized spacial score (nSPS) is 13.7. The first-order chi connectivity index (χ1) is 7.97. The lowest BCUT2D eigenvalue weighted by Gasteiger charge is -2.18. The molecule has 0 saturated carbocycles. The third-order valence-corrected chi connectivity index (χ3v) is 2.48. The van der Waals surface area contributed by atoms with E-state index < -0.39 is 40.0 Å². The molecule has 0 atom stereocenters. The second-order valence-corrected chi connectivity index (χ2v) is 4.48. The van der Waals surface area contributed by atoms with Crippen LogP contribution in [0.3, 0.4) is 0 Å². The van der Waals surface area contributed by atoms with Gasteiger partial charge < -0.3 is 0 Å². The van der Waals surface area contributed by atoms with Gasteiger partial charge >= 0.3 is 20.2 Å².